The highest BCUT2D eigenvalue weighted by Gasteiger charge is 2.17. The molecule has 2 rings (SSSR count). The van der Waals surface area contributed by atoms with Crippen molar-refractivity contribution in [2.24, 2.45) is 0 Å². The quantitative estimate of drug-likeness (QED) is 0.894. The molecule has 0 aromatic heterocycles. The summed E-state index contributed by atoms with van der Waals surface area (Å²) in [6.07, 6.45) is 0. The number of nitrogens with one attached hydrogen (secondary N) is 1. The summed E-state index contributed by atoms with van der Waals surface area (Å²) in [6, 6.07) is 4.79. The molecule has 1 fully saturated rings. The maximum Gasteiger partial charge on any atom is 0.126 e. The van der Waals surface area contributed by atoms with Gasteiger partial charge in [-0.25, -0.2) is 4.39 Å². The van der Waals surface area contributed by atoms with Crippen LogP contribution in [-0.2, 0) is 0 Å². The normalized spacial score (nSPS) is 19.2. The van der Waals surface area contributed by atoms with Crippen LogP contribution in [0.1, 0.15) is 18.4 Å². The molecule has 1 aromatic carbocycles. The van der Waals surface area contributed by atoms with Gasteiger partial charge in [-0.3, -0.25) is 0 Å². The highest BCUT2D eigenvalue weighted by Crippen LogP contribution is 2.23. The molecule has 1 saturated heterocycles. The van der Waals surface area contributed by atoms with Gasteiger partial charge in [0.2, 0.25) is 0 Å². The topological polar surface area (TPSA) is 15.3 Å². The predicted molar refractivity (Wildman–Crippen MR) is 69.1 cm³/mol. The first-order chi connectivity index (χ1) is 8.16. The molecular weight excluding hydrogens is 239 g/mol. The van der Waals surface area contributed by atoms with Gasteiger partial charge >= 0.3 is 0 Å². The molecule has 1 aliphatic heterocycles. The molecule has 0 aliphatic carbocycles. The smallest absolute Gasteiger partial charge is 0.126 e. The van der Waals surface area contributed by atoms with E-state index in [1.807, 2.05) is 0 Å². The molecule has 1 atom stereocenters. The van der Waals surface area contributed by atoms with Gasteiger partial charge < -0.3 is 10.2 Å². The minimum Gasteiger partial charge on any atom is -0.314 e. The molecule has 1 aromatic rings. The van der Waals surface area contributed by atoms with E-state index < -0.39 is 0 Å². The van der Waals surface area contributed by atoms with Crippen LogP contribution < -0.4 is 5.32 Å². The second-order valence-corrected chi connectivity index (χ2v) is 5.05. The third-order valence-electron chi connectivity index (χ3n) is 3.23. The molecule has 0 radical (unpaired) electrons. The van der Waals surface area contributed by atoms with Crippen molar-refractivity contribution < 1.29 is 4.39 Å². The van der Waals surface area contributed by atoms with Gasteiger partial charge in [-0.1, -0.05) is 18.5 Å². The van der Waals surface area contributed by atoms with Gasteiger partial charge in [-0.05, 0) is 29.7 Å². The first kappa shape index (κ1) is 12.8. The molecule has 0 amide bonds. The van der Waals surface area contributed by atoms with Gasteiger partial charge in [0.05, 0.1) is 0 Å². The third kappa shape index (κ3) is 3.41. The van der Waals surface area contributed by atoms with Gasteiger partial charge in [-0.2, -0.15) is 0 Å². The summed E-state index contributed by atoms with van der Waals surface area (Å²) in [5.41, 5.74) is 0.719. The van der Waals surface area contributed by atoms with E-state index in [1.165, 1.54) is 6.07 Å². The zero-order valence-electron chi connectivity index (χ0n) is 10.0. The van der Waals surface area contributed by atoms with Crippen molar-refractivity contribution in [3.05, 3.63) is 34.6 Å². The van der Waals surface area contributed by atoms with Crippen LogP contribution in [0, 0.1) is 5.82 Å². The lowest BCUT2D eigenvalue weighted by Gasteiger charge is -2.29. The number of nitrogens with zero attached hydrogens (tertiary/aromatic N) is 1. The summed E-state index contributed by atoms with van der Waals surface area (Å²) < 4.78 is 13.7. The Morgan fingerprint density at radius 2 is 2.12 bits per heavy atom. The third-order valence-corrected chi connectivity index (χ3v) is 3.47. The van der Waals surface area contributed by atoms with Gasteiger partial charge in [0.15, 0.2) is 0 Å². The van der Waals surface area contributed by atoms with Crippen molar-refractivity contribution >= 4 is 11.6 Å². The van der Waals surface area contributed by atoms with Crippen molar-refractivity contribution in [1.82, 2.24) is 10.2 Å². The van der Waals surface area contributed by atoms with E-state index in [-0.39, 0.29) is 11.7 Å². The largest absolute Gasteiger partial charge is 0.314 e. The van der Waals surface area contributed by atoms with E-state index in [4.69, 9.17) is 11.6 Å². The van der Waals surface area contributed by atoms with Crippen LogP contribution in [0.5, 0.6) is 0 Å². The molecule has 0 bridgehead atoms. The molecule has 17 heavy (non-hydrogen) atoms. The fourth-order valence-electron chi connectivity index (χ4n) is 2.27. The van der Waals surface area contributed by atoms with Gasteiger partial charge in [0.1, 0.15) is 5.82 Å². The summed E-state index contributed by atoms with van der Waals surface area (Å²) in [6.45, 7) is 7.05. The fraction of sp³-hybridized carbons (Fsp3) is 0.538. The fourth-order valence-corrected chi connectivity index (χ4v) is 2.45. The molecule has 1 N–H and O–H groups in total. The van der Waals surface area contributed by atoms with Crippen molar-refractivity contribution in [1.29, 1.82) is 0 Å². The summed E-state index contributed by atoms with van der Waals surface area (Å²) >= 11 is 5.91. The van der Waals surface area contributed by atoms with Crippen LogP contribution in [0.4, 0.5) is 4.39 Å². The summed E-state index contributed by atoms with van der Waals surface area (Å²) in [5, 5.41) is 3.92. The first-order valence-corrected chi connectivity index (χ1v) is 6.42. The maximum atomic E-state index is 13.7. The first-order valence-electron chi connectivity index (χ1n) is 6.05. The van der Waals surface area contributed by atoms with Crippen LogP contribution in [0.3, 0.4) is 0 Å². The van der Waals surface area contributed by atoms with Gasteiger partial charge in [-0.15, -0.1) is 0 Å². The number of hydrogen-bond acceptors (Lipinski definition) is 2. The van der Waals surface area contributed by atoms with Crippen molar-refractivity contribution in [2.45, 2.75) is 12.8 Å². The number of piperazine rings is 1. The van der Waals surface area contributed by atoms with Crippen LogP contribution >= 0.6 is 11.6 Å². The summed E-state index contributed by atoms with van der Waals surface area (Å²) in [7, 11) is 0. The van der Waals surface area contributed by atoms with Gasteiger partial charge in [0.25, 0.3) is 0 Å². The molecule has 4 heteroatoms. The molecular formula is C13H18ClFN2. The molecule has 94 valence electrons. The minimum atomic E-state index is -0.156. The average molecular weight is 257 g/mol. The highest BCUT2D eigenvalue weighted by atomic mass is 35.5. The predicted octanol–water partition coefficient (Wildman–Crippen LogP) is 2.49. The minimum absolute atomic E-state index is 0.156. The molecule has 0 saturated carbocycles. The Morgan fingerprint density at radius 1 is 1.41 bits per heavy atom. The second kappa shape index (κ2) is 5.80. The highest BCUT2D eigenvalue weighted by molar-refractivity contribution is 6.30. The SMILES string of the molecule is CC(CN1CCNCC1)c1cc(Cl)ccc1F. The van der Waals surface area contributed by atoms with Crippen molar-refractivity contribution in [3.63, 3.8) is 0 Å². The van der Waals surface area contributed by atoms with E-state index in [0.717, 1.165) is 38.3 Å². The Kier molecular flexibility index (Phi) is 4.37. The zero-order valence-corrected chi connectivity index (χ0v) is 10.8. The zero-order chi connectivity index (χ0) is 12.3. The van der Waals surface area contributed by atoms with Crippen LogP contribution in [0.25, 0.3) is 0 Å². The summed E-state index contributed by atoms with van der Waals surface area (Å²) in [5.74, 6) is 0.0174. The lowest BCUT2D eigenvalue weighted by Crippen LogP contribution is -2.44. The Morgan fingerprint density at radius 3 is 2.82 bits per heavy atom. The Bertz CT molecular complexity index is 378. The molecule has 1 heterocycles. The van der Waals surface area contributed by atoms with Crippen LogP contribution in [0.15, 0.2) is 18.2 Å². The average Bonchev–Trinajstić information content (AvgIpc) is 2.33. The van der Waals surface area contributed by atoms with Crippen LogP contribution in [0.2, 0.25) is 5.02 Å². The Labute approximate surface area is 107 Å². The number of rotatable bonds is 3. The summed E-state index contributed by atoms with van der Waals surface area (Å²) in [4.78, 5) is 2.36. The number of hydrogen-bond donors (Lipinski definition) is 1. The van der Waals surface area contributed by atoms with E-state index in [9.17, 15) is 4.39 Å². The second-order valence-electron chi connectivity index (χ2n) is 4.62. The molecule has 1 aliphatic rings. The van der Waals surface area contributed by atoms with E-state index >= 15 is 0 Å². The Hall–Kier alpha value is -0.640. The molecule has 2 nitrogen and oxygen atoms in total. The maximum absolute atomic E-state index is 13.7. The van der Waals surface area contributed by atoms with E-state index in [0.29, 0.717) is 5.02 Å². The van der Waals surface area contributed by atoms with E-state index in [2.05, 4.69) is 17.1 Å². The van der Waals surface area contributed by atoms with Crippen LogP contribution in [-0.4, -0.2) is 37.6 Å². The molecule has 1 unspecified atom stereocenters. The van der Waals surface area contributed by atoms with Gasteiger partial charge in [0, 0.05) is 37.7 Å². The van der Waals surface area contributed by atoms with E-state index in [1.54, 1.807) is 12.1 Å². The number of benzene rings is 1. The standard InChI is InChI=1S/C13H18ClFN2/c1-10(9-17-6-4-16-5-7-17)12-8-11(14)2-3-13(12)15/h2-3,8,10,16H,4-7,9H2,1H3. The monoisotopic (exact) mass is 256 g/mol. The number of halogens is 2. The van der Waals surface area contributed by atoms with Crippen molar-refractivity contribution in [3.8, 4) is 0 Å². The lowest BCUT2D eigenvalue weighted by atomic mass is 10.00. The lowest BCUT2D eigenvalue weighted by molar-refractivity contribution is 0.229. The Balaban J connectivity index is 2.02. The molecule has 0 spiro atoms. The van der Waals surface area contributed by atoms with Crippen molar-refractivity contribution in [2.75, 3.05) is 32.7 Å².